The quantitative estimate of drug-likeness (QED) is 0.547. The molecule has 0 saturated carbocycles. The molecule has 2 aromatic heterocycles. The molecule has 0 spiro atoms. The maximum atomic E-state index is 6.31. The third kappa shape index (κ3) is 4.50. The van der Waals surface area contributed by atoms with Crippen molar-refractivity contribution in [3.05, 3.63) is 41.7 Å². The second kappa shape index (κ2) is 9.58. The molecule has 4 rings (SSSR count). The van der Waals surface area contributed by atoms with E-state index in [9.17, 15) is 0 Å². The lowest BCUT2D eigenvalue weighted by atomic mass is 10.1. The van der Waals surface area contributed by atoms with Crippen LogP contribution in [0.1, 0.15) is 45.4 Å². The molecular formula is C24H33N5O. The van der Waals surface area contributed by atoms with Crippen molar-refractivity contribution in [1.82, 2.24) is 19.9 Å². The molecule has 6 heteroatoms. The van der Waals surface area contributed by atoms with Crippen molar-refractivity contribution in [3.8, 4) is 0 Å². The molecule has 1 fully saturated rings. The van der Waals surface area contributed by atoms with E-state index in [-0.39, 0.29) is 0 Å². The number of rotatable bonds is 8. The Labute approximate surface area is 178 Å². The van der Waals surface area contributed by atoms with Gasteiger partial charge in [-0.1, -0.05) is 43.2 Å². The fourth-order valence-electron chi connectivity index (χ4n) is 4.22. The summed E-state index contributed by atoms with van der Waals surface area (Å²) in [7, 11) is 0. The molecule has 30 heavy (non-hydrogen) atoms. The molecular weight excluding hydrogens is 374 g/mol. The van der Waals surface area contributed by atoms with E-state index < -0.39 is 0 Å². The minimum atomic E-state index is 0.517. The zero-order chi connectivity index (χ0) is 20.9. The zero-order valence-corrected chi connectivity index (χ0v) is 18.2. The van der Waals surface area contributed by atoms with Crippen LogP contribution in [0.15, 0.2) is 35.9 Å². The van der Waals surface area contributed by atoms with E-state index in [1.165, 1.54) is 5.57 Å². The van der Waals surface area contributed by atoms with Gasteiger partial charge in [0.15, 0.2) is 5.82 Å². The second-order valence-electron chi connectivity index (χ2n) is 8.27. The van der Waals surface area contributed by atoms with Crippen LogP contribution in [0, 0.1) is 0 Å². The van der Waals surface area contributed by atoms with Crippen molar-refractivity contribution in [2.24, 2.45) is 0 Å². The van der Waals surface area contributed by atoms with E-state index in [0.717, 1.165) is 86.2 Å². The highest BCUT2D eigenvalue weighted by molar-refractivity contribution is 6.06. The monoisotopic (exact) mass is 407 g/mol. The van der Waals surface area contributed by atoms with Gasteiger partial charge in [-0.3, -0.25) is 0 Å². The van der Waals surface area contributed by atoms with Crippen molar-refractivity contribution in [1.29, 1.82) is 0 Å². The SMILES string of the molecule is CCCCc1nc2c(N)nc3ccccc3c2n1C/C(C)=C/CNC1CCOCC1. The van der Waals surface area contributed by atoms with Gasteiger partial charge >= 0.3 is 0 Å². The molecule has 0 amide bonds. The Morgan fingerprint density at radius 3 is 2.87 bits per heavy atom. The Morgan fingerprint density at radius 2 is 2.07 bits per heavy atom. The van der Waals surface area contributed by atoms with Gasteiger partial charge in [0.2, 0.25) is 0 Å². The summed E-state index contributed by atoms with van der Waals surface area (Å²) in [6.45, 7) is 7.85. The number of nitrogen functional groups attached to an aromatic ring is 1. The summed E-state index contributed by atoms with van der Waals surface area (Å²) in [5, 5.41) is 4.76. The standard InChI is InChI=1S/C24H33N5O/c1-3-4-9-21-28-22-23(19-7-5-6-8-20(19)27-24(22)25)29(21)16-17(2)10-13-26-18-11-14-30-15-12-18/h5-8,10,18,26H,3-4,9,11-16H2,1-2H3,(H2,25,27)/b17-10+. The Balaban J connectivity index is 1.64. The lowest BCUT2D eigenvalue weighted by Gasteiger charge is -2.22. The lowest BCUT2D eigenvalue weighted by Crippen LogP contribution is -2.34. The van der Waals surface area contributed by atoms with E-state index in [4.69, 9.17) is 15.5 Å². The molecule has 160 valence electrons. The molecule has 1 aliphatic rings. The molecule has 3 N–H and O–H groups in total. The first-order valence-electron chi connectivity index (χ1n) is 11.2. The number of ether oxygens (including phenoxy) is 1. The highest BCUT2D eigenvalue weighted by Crippen LogP contribution is 2.29. The second-order valence-corrected chi connectivity index (χ2v) is 8.27. The average Bonchev–Trinajstić information content (AvgIpc) is 3.12. The maximum absolute atomic E-state index is 6.31. The summed E-state index contributed by atoms with van der Waals surface area (Å²) in [5.41, 5.74) is 10.5. The number of imidazole rings is 1. The predicted octanol–water partition coefficient (Wildman–Crippen LogP) is 4.22. The highest BCUT2D eigenvalue weighted by atomic mass is 16.5. The van der Waals surface area contributed by atoms with Crippen LogP contribution in [0.5, 0.6) is 0 Å². The summed E-state index contributed by atoms with van der Waals surface area (Å²) >= 11 is 0. The molecule has 3 aromatic rings. The molecule has 1 saturated heterocycles. The minimum absolute atomic E-state index is 0.517. The number of pyridine rings is 1. The Hall–Kier alpha value is -2.44. The van der Waals surface area contributed by atoms with Crippen LogP contribution in [-0.4, -0.2) is 40.3 Å². The molecule has 0 bridgehead atoms. The fourth-order valence-corrected chi connectivity index (χ4v) is 4.22. The number of para-hydroxylation sites is 1. The number of benzene rings is 1. The van der Waals surface area contributed by atoms with Crippen molar-refractivity contribution in [3.63, 3.8) is 0 Å². The number of aromatic nitrogens is 3. The topological polar surface area (TPSA) is 78.0 Å². The van der Waals surface area contributed by atoms with Crippen LogP contribution >= 0.6 is 0 Å². The Kier molecular flexibility index (Phi) is 6.65. The Bertz CT molecular complexity index is 1030. The minimum Gasteiger partial charge on any atom is -0.382 e. The van der Waals surface area contributed by atoms with E-state index in [2.05, 4.69) is 46.9 Å². The van der Waals surface area contributed by atoms with Crippen molar-refractivity contribution < 1.29 is 4.74 Å². The maximum Gasteiger partial charge on any atom is 0.152 e. The average molecular weight is 408 g/mol. The number of hydrogen-bond donors (Lipinski definition) is 2. The number of nitrogens with one attached hydrogen (secondary N) is 1. The zero-order valence-electron chi connectivity index (χ0n) is 18.2. The normalized spacial score (nSPS) is 16.0. The number of nitrogens with zero attached hydrogens (tertiary/aromatic N) is 3. The molecule has 3 heterocycles. The summed E-state index contributed by atoms with van der Waals surface area (Å²) < 4.78 is 7.80. The first kappa shape index (κ1) is 20.8. The third-order valence-corrected chi connectivity index (χ3v) is 5.93. The van der Waals surface area contributed by atoms with Gasteiger partial charge in [0.25, 0.3) is 0 Å². The molecule has 0 atom stereocenters. The van der Waals surface area contributed by atoms with Gasteiger partial charge in [-0.2, -0.15) is 0 Å². The molecule has 0 aliphatic carbocycles. The summed E-state index contributed by atoms with van der Waals surface area (Å²) in [4.78, 5) is 9.51. The largest absolute Gasteiger partial charge is 0.382 e. The predicted molar refractivity (Wildman–Crippen MR) is 124 cm³/mol. The number of hydrogen-bond acceptors (Lipinski definition) is 5. The number of nitrogens with two attached hydrogens (primary N) is 1. The van der Waals surface area contributed by atoms with Crippen LogP contribution < -0.4 is 11.1 Å². The van der Waals surface area contributed by atoms with Gasteiger partial charge in [0.05, 0.1) is 11.0 Å². The van der Waals surface area contributed by atoms with Crippen molar-refractivity contribution in [2.45, 2.75) is 58.5 Å². The van der Waals surface area contributed by atoms with Crippen LogP contribution in [0.25, 0.3) is 21.9 Å². The van der Waals surface area contributed by atoms with Gasteiger partial charge < -0.3 is 20.4 Å². The third-order valence-electron chi connectivity index (χ3n) is 5.93. The first-order valence-corrected chi connectivity index (χ1v) is 11.2. The van der Waals surface area contributed by atoms with Crippen LogP contribution in [-0.2, 0) is 17.7 Å². The molecule has 6 nitrogen and oxygen atoms in total. The molecule has 0 unspecified atom stereocenters. The van der Waals surface area contributed by atoms with Crippen LogP contribution in [0.2, 0.25) is 0 Å². The van der Waals surface area contributed by atoms with E-state index in [0.29, 0.717) is 11.9 Å². The lowest BCUT2D eigenvalue weighted by molar-refractivity contribution is 0.0789. The van der Waals surface area contributed by atoms with Crippen LogP contribution in [0.4, 0.5) is 5.82 Å². The highest BCUT2D eigenvalue weighted by Gasteiger charge is 2.17. The summed E-state index contributed by atoms with van der Waals surface area (Å²) in [6.07, 6.45) is 7.70. The van der Waals surface area contributed by atoms with Gasteiger partial charge in [0, 0.05) is 44.2 Å². The number of unbranched alkanes of at least 4 members (excludes halogenated alkanes) is 1. The van der Waals surface area contributed by atoms with E-state index in [1.807, 2.05) is 12.1 Å². The van der Waals surface area contributed by atoms with Crippen LogP contribution in [0.3, 0.4) is 0 Å². The summed E-state index contributed by atoms with van der Waals surface area (Å²) in [6, 6.07) is 8.77. The van der Waals surface area contributed by atoms with Gasteiger partial charge in [0.1, 0.15) is 11.3 Å². The fraction of sp³-hybridized carbons (Fsp3) is 0.500. The van der Waals surface area contributed by atoms with E-state index >= 15 is 0 Å². The molecule has 0 radical (unpaired) electrons. The van der Waals surface area contributed by atoms with E-state index in [1.54, 1.807) is 0 Å². The van der Waals surface area contributed by atoms with Gasteiger partial charge in [-0.25, -0.2) is 9.97 Å². The number of allylic oxidation sites excluding steroid dienone is 1. The Morgan fingerprint density at radius 1 is 1.27 bits per heavy atom. The van der Waals surface area contributed by atoms with Gasteiger partial charge in [-0.15, -0.1) is 0 Å². The van der Waals surface area contributed by atoms with Gasteiger partial charge in [-0.05, 0) is 32.3 Å². The van der Waals surface area contributed by atoms with Crippen molar-refractivity contribution in [2.75, 3.05) is 25.5 Å². The number of aryl methyl sites for hydroxylation is 1. The number of anilines is 1. The molecule has 1 aromatic carbocycles. The number of fused-ring (bicyclic) bond motifs is 3. The summed E-state index contributed by atoms with van der Waals surface area (Å²) in [5.74, 6) is 1.62. The molecule has 1 aliphatic heterocycles. The van der Waals surface area contributed by atoms with Crippen molar-refractivity contribution >= 4 is 27.8 Å². The first-order chi connectivity index (χ1) is 14.7. The smallest absolute Gasteiger partial charge is 0.152 e.